The SMILES string of the molecule is N#Cc1cccc(CN(c2ccc3[nH]ncc3c2)C2CCNCC2)c1. The fourth-order valence-corrected chi connectivity index (χ4v) is 3.59. The van der Waals surface area contributed by atoms with Gasteiger partial charge in [-0.15, -0.1) is 0 Å². The van der Waals surface area contributed by atoms with Gasteiger partial charge in [0.15, 0.2) is 0 Å². The van der Waals surface area contributed by atoms with Crippen molar-refractivity contribution in [2.24, 2.45) is 0 Å². The van der Waals surface area contributed by atoms with E-state index in [1.54, 1.807) is 0 Å². The van der Waals surface area contributed by atoms with Gasteiger partial charge in [-0.05, 0) is 61.8 Å². The maximum atomic E-state index is 9.17. The molecule has 1 aliphatic heterocycles. The third kappa shape index (κ3) is 3.35. The minimum absolute atomic E-state index is 0.497. The zero-order valence-corrected chi connectivity index (χ0v) is 14.1. The van der Waals surface area contributed by atoms with Crippen LogP contribution in [-0.4, -0.2) is 29.3 Å². The molecule has 0 atom stereocenters. The number of rotatable bonds is 4. The molecule has 1 fully saturated rings. The van der Waals surface area contributed by atoms with Crippen molar-refractivity contribution in [3.63, 3.8) is 0 Å². The average Bonchev–Trinajstić information content (AvgIpc) is 3.15. The number of fused-ring (bicyclic) bond motifs is 1. The van der Waals surface area contributed by atoms with Crippen molar-refractivity contribution in [3.8, 4) is 6.07 Å². The van der Waals surface area contributed by atoms with Gasteiger partial charge in [-0.2, -0.15) is 10.4 Å². The van der Waals surface area contributed by atoms with Crippen LogP contribution in [0.4, 0.5) is 5.69 Å². The zero-order valence-electron chi connectivity index (χ0n) is 14.1. The Morgan fingerprint density at radius 3 is 2.88 bits per heavy atom. The van der Waals surface area contributed by atoms with Crippen LogP contribution >= 0.6 is 0 Å². The third-order valence-corrected chi connectivity index (χ3v) is 4.91. The molecule has 0 unspecified atom stereocenters. The maximum absolute atomic E-state index is 9.17. The number of anilines is 1. The monoisotopic (exact) mass is 331 g/mol. The molecule has 0 saturated carbocycles. The molecule has 0 spiro atoms. The summed E-state index contributed by atoms with van der Waals surface area (Å²) in [5.41, 5.74) is 4.15. The Bertz CT molecular complexity index is 902. The van der Waals surface area contributed by atoms with Gasteiger partial charge in [0, 0.05) is 23.7 Å². The topological polar surface area (TPSA) is 67.7 Å². The van der Waals surface area contributed by atoms with E-state index < -0.39 is 0 Å². The molecule has 2 aromatic carbocycles. The molecule has 5 nitrogen and oxygen atoms in total. The summed E-state index contributed by atoms with van der Waals surface area (Å²) < 4.78 is 0. The van der Waals surface area contributed by atoms with Crippen LogP contribution < -0.4 is 10.2 Å². The second-order valence-corrected chi connectivity index (χ2v) is 6.56. The lowest BCUT2D eigenvalue weighted by atomic mass is 10.0. The summed E-state index contributed by atoms with van der Waals surface area (Å²) in [6.45, 7) is 2.91. The number of benzene rings is 2. The first-order valence-corrected chi connectivity index (χ1v) is 8.73. The van der Waals surface area contributed by atoms with E-state index >= 15 is 0 Å². The van der Waals surface area contributed by atoms with Crippen molar-refractivity contribution in [1.82, 2.24) is 15.5 Å². The lowest BCUT2D eigenvalue weighted by molar-refractivity contribution is 0.428. The lowest BCUT2D eigenvalue weighted by Crippen LogP contribution is -2.43. The fourth-order valence-electron chi connectivity index (χ4n) is 3.59. The van der Waals surface area contributed by atoms with E-state index in [1.165, 1.54) is 11.3 Å². The molecule has 0 amide bonds. The Labute approximate surface area is 147 Å². The zero-order chi connectivity index (χ0) is 17.1. The molecule has 0 aliphatic carbocycles. The van der Waals surface area contributed by atoms with Crippen LogP contribution in [0.15, 0.2) is 48.7 Å². The molecule has 3 aromatic rings. The smallest absolute Gasteiger partial charge is 0.0991 e. The van der Waals surface area contributed by atoms with Crippen LogP contribution in [0, 0.1) is 11.3 Å². The molecule has 5 heteroatoms. The van der Waals surface area contributed by atoms with Gasteiger partial charge < -0.3 is 10.2 Å². The number of H-pyrrole nitrogens is 1. The Morgan fingerprint density at radius 2 is 2.04 bits per heavy atom. The summed E-state index contributed by atoms with van der Waals surface area (Å²) in [5.74, 6) is 0. The molecule has 126 valence electrons. The Kier molecular flexibility index (Phi) is 4.36. The van der Waals surface area contributed by atoms with E-state index in [0.29, 0.717) is 11.6 Å². The number of aromatic amines is 1. The predicted octanol–water partition coefficient (Wildman–Crippen LogP) is 3.19. The van der Waals surface area contributed by atoms with E-state index in [4.69, 9.17) is 0 Å². The van der Waals surface area contributed by atoms with E-state index in [1.807, 2.05) is 24.4 Å². The number of nitrogens with one attached hydrogen (secondary N) is 2. The lowest BCUT2D eigenvalue weighted by Gasteiger charge is -2.36. The first-order chi connectivity index (χ1) is 12.3. The Balaban J connectivity index is 1.68. The molecule has 0 bridgehead atoms. The summed E-state index contributed by atoms with van der Waals surface area (Å²) in [4.78, 5) is 2.48. The molecular weight excluding hydrogens is 310 g/mol. The van der Waals surface area contributed by atoms with E-state index in [0.717, 1.165) is 43.4 Å². The number of hydrogen-bond donors (Lipinski definition) is 2. The third-order valence-electron chi connectivity index (χ3n) is 4.91. The largest absolute Gasteiger partial charge is 0.364 e. The number of nitriles is 1. The summed E-state index contributed by atoms with van der Waals surface area (Å²) in [5, 5.41) is 20.9. The van der Waals surface area contributed by atoms with Crippen LogP contribution in [-0.2, 0) is 6.54 Å². The van der Waals surface area contributed by atoms with Crippen LogP contribution in [0.5, 0.6) is 0 Å². The quantitative estimate of drug-likeness (QED) is 0.770. The van der Waals surface area contributed by atoms with Gasteiger partial charge in [0.1, 0.15) is 0 Å². The van der Waals surface area contributed by atoms with Crippen LogP contribution in [0.1, 0.15) is 24.0 Å². The van der Waals surface area contributed by atoms with Gasteiger partial charge in [0.05, 0.1) is 23.3 Å². The summed E-state index contributed by atoms with van der Waals surface area (Å²) >= 11 is 0. The van der Waals surface area contributed by atoms with Gasteiger partial charge in [0.2, 0.25) is 0 Å². The van der Waals surface area contributed by atoms with Gasteiger partial charge in [-0.25, -0.2) is 0 Å². The van der Waals surface area contributed by atoms with E-state index in [9.17, 15) is 5.26 Å². The average molecular weight is 331 g/mol. The van der Waals surface area contributed by atoms with Crippen molar-refractivity contribution in [3.05, 3.63) is 59.8 Å². The number of nitrogens with zero attached hydrogens (tertiary/aromatic N) is 3. The molecule has 1 aromatic heterocycles. The minimum Gasteiger partial charge on any atom is -0.364 e. The Morgan fingerprint density at radius 1 is 1.16 bits per heavy atom. The molecule has 1 saturated heterocycles. The van der Waals surface area contributed by atoms with Crippen LogP contribution in [0.3, 0.4) is 0 Å². The number of hydrogen-bond acceptors (Lipinski definition) is 4. The van der Waals surface area contributed by atoms with Crippen molar-refractivity contribution in [2.75, 3.05) is 18.0 Å². The van der Waals surface area contributed by atoms with Gasteiger partial charge in [-0.3, -0.25) is 5.10 Å². The van der Waals surface area contributed by atoms with Crippen molar-refractivity contribution < 1.29 is 0 Å². The number of piperidine rings is 1. The molecule has 25 heavy (non-hydrogen) atoms. The van der Waals surface area contributed by atoms with Crippen molar-refractivity contribution in [1.29, 1.82) is 5.26 Å². The Hall–Kier alpha value is -2.84. The van der Waals surface area contributed by atoms with Gasteiger partial charge in [0.25, 0.3) is 0 Å². The second kappa shape index (κ2) is 6.96. The van der Waals surface area contributed by atoms with Gasteiger partial charge in [-0.1, -0.05) is 12.1 Å². The number of aromatic nitrogens is 2. The van der Waals surface area contributed by atoms with Crippen LogP contribution in [0.2, 0.25) is 0 Å². The summed E-state index contributed by atoms with van der Waals surface area (Å²) in [7, 11) is 0. The molecule has 4 rings (SSSR count). The van der Waals surface area contributed by atoms with E-state index in [2.05, 4.69) is 50.7 Å². The molecular formula is C20H21N5. The van der Waals surface area contributed by atoms with Crippen molar-refractivity contribution in [2.45, 2.75) is 25.4 Å². The maximum Gasteiger partial charge on any atom is 0.0991 e. The normalized spacial score (nSPS) is 15.2. The van der Waals surface area contributed by atoms with Crippen molar-refractivity contribution >= 4 is 16.6 Å². The predicted molar refractivity (Wildman–Crippen MR) is 99.3 cm³/mol. The highest BCUT2D eigenvalue weighted by atomic mass is 15.2. The minimum atomic E-state index is 0.497. The summed E-state index contributed by atoms with van der Waals surface area (Å²) in [6.07, 6.45) is 4.12. The van der Waals surface area contributed by atoms with Gasteiger partial charge >= 0.3 is 0 Å². The van der Waals surface area contributed by atoms with E-state index in [-0.39, 0.29) is 0 Å². The first-order valence-electron chi connectivity index (χ1n) is 8.73. The second-order valence-electron chi connectivity index (χ2n) is 6.56. The summed E-state index contributed by atoms with van der Waals surface area (Å²) in [6, 6.07) is 17.1. The standard InChI is InChI=1S/C20H21N5/c21-12-15-2-1-3-16(10-15)14-25(18-6-8-22-9-7-18)19-4-5-20-17(11-19)13-23-24-20/h1-5,10-11,13,18,22H,6-9,14H2,(H,23,24). The molecule has 1 aliphatic rings. The first kappa shape index (κ1) is 15.7. The molecule has 0 radical (unpaired) electrons. The fraction of sp³-hybridized carbons (Fsp3) is 0.300. The highest BCUT2D eigenvalue weighted by molar-refractivity contribution is 5.82. The van der Waals surface area contributed by atoms with Crippen LogP contribution in [0.25, 0.3) is 10.9 Å². The molecule has 2 heterocycles. The highest BCUT2D eigenvalue weighted by Gasteiger charge is 2.22. The highest BCUT2D eigenvalue weighted by Crippen LogP contribution is 2.27. The molecule has 2 N–H and O–H groups in total.